The smallest absolute Gasteiger partial charge is 0.226 e. The molecule has 1 heterocycles. The van der Waals surface area contributed by atoms with Gasteiger partial charge in [-0.25, -0.2) is 4.98 Å². The van der Waals surface area contributed by atoms with Crippen molar-refractivity contribution in [3.05, 3.63) is 12.3 Å². The van der Waals surface area contributed by atoms with Gasteiger partial charge in [0, 0.05) is 18.3 Å². The van der Waals surface area contributed by atoms with Crippen molar-refractivity contribution in [3.8, 4) is 5.88 Å². The summed E-state index contributed by atoms with van der Waals surface area (Å²) >= 11 is 0. The van der Waals surface area contributed by atoms with Crippen molar-refractivity contribution in [2.45, 2.75) is 53.0 Å². The second-order valence-electron chi connectivity index (χ2n) is 5.08. The lowest BCUT2D eigenvalue weighted by molar-refractivity contribution is 0.305. The number of nitrogens with zero attached hydrogens (tertiary/aromatic N) is 2. The van der Waals surface area contributed by atoms with Gasteiger partial charge >= 0.3 is 0 Å². The van der Waals surface area contributed by atoms with E-state index in [1.54, 1.807) is 12.3 Å². The fraction of sp³-hybridized carbons (Fsp3) is 0.714. The van der Waals surface area contributed by atoms with Crippen LogP contribution in [0.15, 0.2) is 12.3 Å². The molecule has 1 aromatic heterocycles. The lowest BCUT2D eigenvalue weighted by Crippen LogP contribution is -2.17. The lowest BCUT2D eigenvalue weighted by Gasteiger charge is -2.15. The monoisotopic (exact) mass is 251 g/mol. The van der Waals surface area contributed by atoms with Crippen molar-refractivity contribution < 1.29 is 4.74 Å². The quantitative estimate of drug-likeness (QED) is 0.768. The van der Waals surface area contributed by atoms with Gasteiger partial charge in [0.25, 0.3) is 0 Å². The largest absolute Gasteiger partial charge is 0.478 e. The van der Waals surface area contributed by atoms with Crippen LogP contribution in [0.1, 0.15) is 47.0 Å². The van der Waals surface area contributed by atoms with Crippen molar-refractivity contribution in [1.29, 1.82) is 0 Å². The number of nitrogens with one attached hydrogen (secondary N) is 1. The van der Waals surface area contributed by atoms with E-state index in [-0.39, 0.29) is 0 Å². The summed E-state index contributed by atoms with van der Waals surface area (Å²) in [4.78, 5) is 8.55. The first-order chi connectivity index (χ1) is 8.61. The highest BCUT2D eigenvalue weighted by Gasteiger charge is 2.06. The predicted molar refractivity (Wildman–Crippen MR) is 75.0 cm³/mol. The maximum Gasteiger partial charge on any atom is 0.226 e. The standard InChI is InChI=1S/C14H25N3O/c1-5-10-18-13-8-9-15-14(17-13)16-12(4)7-6-11(2)3/h8-9,11-12H,5-7,10H2,1-4H3,(H,15,16,17). The molecule has 0 bridgehead atoms. The van der Waals surface area contributed by atoms with Crippen molar-refractivity contribution in [3.63, 3.8) is 0 Å². The van der Waals surface area contributed by atoms with Crippen LogP contribution in [-0.2, 0) is 0 Å². The number of ether oxygens (including phenoxy) is 1. The van der Waals surface area contributed by atoms with Crippen LogP contribution in [0.25, 0.3) is 0 Å². The SMILES string of the molecule is CCCOc1ccnc(NC(C)CCC(C)C)n1. The first-order valence-electron chi connectivity index (χ1n) is 6.84. The molecule has 0 fully saturated rings. The van der Waals surface area contributed by atoms with Gasteiger partial charge in [-0.3, -0.25) is 0 Å². The molecule has 0 aliphatic carbocycles. The van der Waals surface area contributed by atoms with Crippen LogP contribution in [-0.4, -0.2) is 22.6 Å². The Hall–Kier alpha value is -1.32. The molecule has 1 rings (SSSR count). The fourth-order valence-electron chi connectivity index (χ4n) is 1.57. The van der Waals surface area contributed by atoms with E-state index in [1.165, 1.54) is 6.42 Å². The summed E-state index contributed by atoms with van der Waals surface area (Å²) < 4.78 is 5.48. The molecule has 1 N–H and O–H groups in total. The van der Waals surface area contributed by atoms with E-state index < -0.39 is 0 Å². The molecule has 1 unspecified atom stereocenters. The molecule has 1 aromatic rings. The maximum absolute atomic E-state index is 5.48. The average Bonchev–Trinajstić information content (AvgIpc) is 2.34. The maximum atomic E-state index is 5.48. The van der Waals surface area contributed by atoms with Gasteiger partial charge in [0.2, 0.25) is 11.8 Å². The van der Waals surface area contributed by atoms with Gasteiger partial charge < -0.3 is 10.1 Å². The number of hydrogen-bond donors (Lipinski definition) is 1. The first kappa shape index (κ1) is 14.7. The molecule has 0 saturated heterocycles. The zero-order valence-electron chi connectivity index (χ0n) is 11.9. The Kier molecular flexibility index (Phi) is 6.47. The number of aromatic nitrogens is 2. The van der Waals surface area contributed by atoms with Gasteiger partial charge in [-0.05, 0) is 32.1 Å². The first-order valence-corrected chi connectivity index (χ1v) is 6.84. The van der Waals surface area contributed by atoms with Crippen LogP contribution in [0.4, 0.5) is 5.95 Å². The molecule has 0 aliphatic heterocycles. The summed E-state index contributed by atoms with van der Waals surface area (Å²) in [5.41, 5.74) is 0. The van der Waals surface area contributed by atoms with Crippen molar-refractivity contribution >= 4 is 5.95 Å². The van der Waals surface area contributed by atoms with Crippen LogP contribution in [0, 0.1) is 5.92 Å². The fourth-order valence-corrected chi connectivity index (χ4v) is 1.57. The molecule has 4 nitrogen and oxygen atoms in total. The Bertz CT molecular complexity index is 342. The Morgan fingerprint density at radius 3 is 2.72 bits per heavy atom. The molecule has 1 atom stereocenters. The summed E-state index contributed by atoms with van der Waals surface area (Å²) in [6, 6.07) is 2.17. The van der Waals surface area contributed by atoms with Gasteiger partial charge in [0.05, 0.1) is 6.61 Å². The molecule has 0 spiro atoms. The van der Waals surface area contributed by atoms with E-state index in [2.05, 4.69) is 43.0 Å². The van der Waals surface area contributed by atoms with E-state index >= 15 is 0 Å². The molecule has 18 heavy (non-hydrogen) atoms. The van der Waals surface area contributed by atoms with E-state index in [9.17, 15) is 0 Å². The minimum Gasteiger partial charge on any atom is -0.478 e. The molecule has 0 aliphatic rings. The molecular weight excluding hydrogens is 226 g/mol. The number of anilines is 1. The minimum absolute atomic E-state index is 0.383. The van der Waals surface area contributed by atoms with Crippen LogP contribution < -0.4 is 10.1 Å². The van der Waals surface area contributed by atoms with Crippen LogP contribution >= 0.6 is 0 Å². The average molecular weight is 251 g/mol. The Morgan fingerprint density at radius 2 is 2.06 bits per heavy atom. The van der Waals surface area contributed by atoms with E-state index in [0.717, 1.165) is 18.8 Å². The van der Waals surface area contributed by atoms with Gasteiger partial charge in [0.1, 0.15) is 0 Å². The van der Waals surface area contributed by atoms with Crippen molar-refractivity contribution in [2.24, 2.45) is 5.92 Å². The van der Waals surface area contributed by atoms with Gasteiger partial charge in [0.15, 0.2) is 0 Å². The molecule has 0 saturated carbocycles. The molecular formula is C14H25N3O. The molecule has 4 heteroatoms. The summed E-state index contributed by atoms with van der Waals surface area (Å²) in [7, 11) is 0. The molecule has 0 radical (unpaired) electrons. The third-order valence-electron chi connectivity index (χ3n) is 2.64. The van der Waals surface area contributed by atoms with Crippen molar-refractivity contribution in [1.82, 2.24) is 9.97 Å². The third-order valence-corrected chi connectivity index (χ3v) is 2.64. The highest BCUT2D eigenvalue weighted by atomic mass is 16.5. The number of rotatable bonds is 8. The van der Waals surface area contributed by atoms with Gasteiger partial charge in [-0.1, -0.05) is 20.8 Å². The van der Waals surface area contributed by atoms with Crippen LogP contribution in [0.3, 0.4) is 0 Å². The normalized spacial score (nSPS) is 12.5. The Labute approximate surface area is 110 Å². The van der Waals surface area contributed by atoms with Gasteiger partial charge in [-0.15, -0.1) is 0 Å². The lowest BCUT2D eigenvalue weighted by atomic mass is 10.0. The molecule has 102 valence electrons. The highest BCUT2D eigenvalue weighted by Crippen LogP contribution is 2.12. The second-order valence-corrected chi connectivity index (χ2v) is 5.08. The second kappa shape index (κ2) is 7.90. The van der Waals surface area contributed by atoms with E-state index in [1.807, 2.05) is 0 Å². The highest BCUT2D eigenvalue weighted by molar-refractivity contribution is 5.28. The molecule has 0 amide bonds. The Balaban J connectivity index is 2.45. The van der Waals surface area contributed by atoms with Crippen LogP contribution in [0.2, 0.25) is 0 Å². The van der Waals surface area contributed by atoms with E-state index in [4.69, 9.17) is 4.74 Å². The summed E-state index contributed by atoms with van der Waals surface area (Å²) in [6.45, 7) is 9.41. The number of hydrogen-bond acceptors (Lipinski definition) is 4. The minimum atomic E-state index is 0.383. The summed E-state index contributed by atoms with van der Waals surface area (Å²) in [5.74, 6) is 2.03. The van der Waals surface area contributed by atoms with Crippen molar-refractivity contribution in [2.75, 3.05) is 11.9 Å². The zero-order chi connectivity index (χ0) is 13.4. The summed E-state index contributed by atoms with van der Waals surface area (Å²) in [6.07, 6.45) is 5.05. The van der Waals surface area contributed by atoms with Gasteiger partial charge in [-0.2, -0.15) is 4.98 Å². The van der Waals surface area contributed by atoms with E-state index in [0.29, 0.717) is 24.5 Å². The van der Waals surface area contributed by atoms with Crippen LogP contribution in [0.5, 0.6) is 5.88 Å². The predicted octanol–water partition coefficient (Wildman–Crippen LogP) is 3.50. The zero-order valence-corrected chi connectivity index (χ0v) is 11.9. The topological polar surface area (TPSA) is 47.0 Å². The Morgan fingerprint density at radius 1 is 1.28 bits per heavy atom. The summed E-state index contributed by atoms with van der Waals surface area (Å²) in [5, 5.41) is 3.31. The molecule has 0 aromatic carbocycles. The third kappa shape index (κ3) is 5.84.